The number of likely N-dealkylation sites (tertiary alicyclic amines) is 1. The summed E-state index contributed by atoms with van der Waals surface area (Å²) in [4.78, 5) is 26.7. The number of primary amides is 1. The topological polar surface area (TPSA) is 115 Å². The quantitative estimate of drug-likeness (QED) is 0.323. The monoisotopic (exact) mass is 605 g/mol. The van der Waals surface area contributed by atoms with E-state index in [9.17, 15) is 18.0 Å². The number of nitrogen functional groups attached to an aromatic ring is 1. The molecule has 238 valence electrons. The molecule has 2 aliphatic heterocycles. The van der Waals surface area contributed by atoms with Gasteiger partial charge in [0.25, 0.3) is 5.91 Å². The number of anilines is 2. The Hall–Kier alpha value is -3.85. The Labute approximate surface area is 253 Å². The molecule has 9 nitrogen and oxygen atoms in total. The molecule has 1 saturated heterocycles. The van der Waals surface area contributed by atoms with E-state index in [1.54, 1.807) is 0 Å². The number of carbonyl (C=O) groups excluding carboxylic acids is 1. The van der Waals surface area contributed by atoms with E-state index in [-0.39, 0.29) is 0 Å². The van der Waals surface area contributed by atoms with Gasteiger partial charge in [0.2, 0.25) is 6.54 Å². The van der Waals surface area contributed by atoms with Crippen LogP contribution in [0.3, 0.4) is 0 Å². The molecule has 12 heteroatoms. The lowest BCUT2D eigenvalue weighted by Crippen LogP contribution is -2.33. The van der Waals surface area contributed by atoms with Crippen molar-refractivity contribution in [1.82, 2.24) is 14.9 Å². The normalized spacial score (nSPS) is 15.7. The van der Waals surface area contributed by atoms with E-state index in [0.29, 0.717) is 31.0 Å². The molecule has 0 unspecified atom stereocenters. The summed E-state index contributed by atoms with van der Waals surface area (Å²) in [6.07, 6.45) is -0.449. The number of likely N-dealkylation sites (N-methyl/N-ethyl adjacent to an activating group) is 1. The second kappa shape index (κ2) is 18.0. The van der Waals surface area contributed by atoms with Crippen LogP contribution < -0.4 is 21.1 Å². The largest absolute Gasteiger partial charge is 0.462 e. The molecule has 4 rings (SSSR count). The van der Waals surface area contributed by atoms with E-state index in [2.05, 4.69) is 71.0 Å². The fourth-order valence-corrected chi connectivity index (χ4v) is 4.40. The van der Waals surface area contributed by atoms with Crippen molar-refractivity contribution in [3.8, 4) is 6.01 Å². The van der Waals surface area contributed by atoms with Crippen molar-refractivity contribution in [2.45, 2.75) is 79.1 Å². The fourth-order valence-electron chi connectivity index (χ4n) is 4.40. The van der Waals surface area contributed by atoms with E-state index >= 15 is 0 Å². The number of fused-ring (bicyclic) bond motifs is 1. The van der Waals surface area contributed by atoms with E-state index < -0.39 is 17.7 Å². The lowest BCUT2D eigenvalue weighted by Gasteiger charge is -2.32. The number of rotatable bonds is 6. The Morgan fingerprint density at radius 3 is 2.40 bits per heavy atom. The molecule has 4 N–H and O–H groups in total. The van der Waals surface area contributed by atoms with Gasteiger partial charge in [0, 0.05) is 30.3 Å². The molecule has 1 amide bonds. The van der Waals surface area contributed by atoms with Gasteiger partial charge in [0.15, 0.2) is 0 Å². The van der Waals surface area contributed by atoms with Crippen LogP contribution >= 0.6 is 0 Å². The third-order valence-electron chi connectivity index (χ3n) is 7.04. The van der Waals surface area contributed by atoms with Crippen LogP contribution in [0.4, 0.5) is 24.7 Å². The molecule has 1 atom stereocenters. The zero-order chi connectivity index (χ0) is 32.7. The molecule has 0 radical (unpaired) electrons. The number of nitrogens with two attached hydrogens (primary N) is 2. The van der Waals surface area contributed by atoms with Gasteiger partial charge >= 0.3 is 12.2 Å². The predicted molar refractivity (Wildman–Crippen MR) is 166 cm³/mol. The highest BCUT2D eigenvalue weighted by Gasteiger charge is 2.35. The minimum absolute atomic E-state index is 0.411. The molecular weight excluding hydrogens is 559 g/mol. The molecule has 3 heterocycles. The number of aryl methyl sites for hydroxylation is 1. The Balaban J connectivity index is 0.000000482. The first kappa shape index (κ1) is 37.2. The van der Waals surface area contributed by atoms with Crippen LogP contribution in [0.25, 0.3) is 4.85 Å². The van der Waals surface area contributed by atoms with Gasteiger partial charge in [-0.25, -0.2) is 6.57 Å². The Morgan fingerprint density at radius 1 is 1.23 bits per heavy atom. The zero-order valence-corrected chi connectivity index (χ0v) is 26.2. The highest BCUT2D eigenvalue weighted by atomic mass is 19.4. The minimum Gasteiger partial charge on any atom is -0.462 e. The van der Waals surface area contributed by atoms with Crippen molar-refractivity contribution < 1.29 is 22.7 Å². The maximum atomic E-state index is 11.3. The maximum absolute atomic E-state index is 11.3. The van der Waals surface area contributed by atoms with Gasteiger partial charge in [-0.15, -0.1) is 0 Å². The summed E-state index contributed by atoms with van der Waals surface area (Å²) in [5, 5.41) is 0. The van der Waals surface area contributed by atoms with Crippen molar-refractivity contribution in [3.05, 3.63) is 64.2 Å². The van der Waals surface area contributed by atoms with Crippen molar-refractivity contribution in [2.24, 2.45) is 5.73 Å². The van der Waals surface area contributed by atoms with E-state index in [4.69, 9.17) is 22.0 Å². The van der Waals surface area contributed by atoms with Gasteiger partial charge in [0.1, 0.15) is 18.0 Å². The number of benzene rings is 1. The first-order valence-corrected chi connectivity index (χ1v) is 14.5. The van der Waals surface area contributed by atoms with Crippen LogP contribution in [0.5, 0.6) is 6.01 Å². The number of ether oxygens (including phenoxy) is 1. The Morgan fingerprint density at radius 2 is 1.91 bits per heavy atom. The van der Waals surface area contributed by atoms with E-state index in [1.807, 2.05) is 20.8 Å². The number of amides is 1. The average Bonchev–Trinajstić information content (AvgIpc) is 3.38. The molecule has 0 saturated carbocycles. The third kappa shape index (κ3) is 11.4. The third-order valence-corrected chi connectivity index (χ3v) is 7.04. The SMILES string of the molecule is C=C(C(N)=O)C(F)(F)F.CC.Cc1cccc(N2CCc3c(N)nc(OC[C@@H]4CCCN4C)nc3C2)c1C.[C-]#[N+]CCC. The number of aromatic nitrogens is 2. The Kier molecular flexibility index (Phi) is 15.5. The Bertz CT molecular complexity index is 1250. The number of hydrogen-bond acceptors (Lipinski definition) is 7. The average molecular weight is 606 g/mol. The summed E-state index contributed by atoms with van der Waals surface area (Å²) in [5.74, 6) is -0.974. The van der Waals surface area contributed by atoms with E-state index in [1.165, 1.54) is 23.2 Å². The number of hydrogen-bond donors (Lipinski definition) is 2. The lowest BCUT2D eigenvalue weighted by atomic mass is 10.0. The number of carbonyl (C=O) groups is 1. The zero-order valence-electron chi connectivity index (χ0n) is 26.2. The molecule has 1 fully saturated rings. The smallest absolute Gasteiger partial charge is 0.421 e. The van der Waals surface area contributed by atoms with Crippen molar-refractivity contribution in [1.29, 1.82) is 0 Å². The number of nitrogens with zero attached hydrogens (tertiary/aromatic N) is 5. The second-order valence-electron chi connectivity index (χ2n) is 10.0. The standard InChI is InChI=1S/C21H29N5O.C4H4F3NO.C4H7N.C2H6/c1-14-6-4-8-19(15(14)2)26-11-9-17-18(12-26)23-21(24-20(17)22)27-13-16-7-5-10-25(16)3;1-2(3(8)9)4(5,6)7;1-3-4-5-2;1-2/h4,6,8,16H,5,7,9-13H2,1-3H3,(H2,22,23,24);1H2,(H2,8,9);3-4H2,1H3;1-2H3/t16-;;;/m0.../s1. The van der Waals surface area contributed by atoms with Crippen molar-refractivity contribution >= 4 is 17.4 Å². The molecular formula is C31H46F3N7O2. The summed E-state index contributed by atoms with van der Waals surface area (Å²) in [5.41, 5.74) is 14.9. The molecule has 0 bridgehead atoms. The van der Waals surface area contributed by atoms with E-state index in [0.717, 1.165) is 50.2 Å². The van der Waals surface area contributed by atoms with Gasteiger partial charge in [-0.1, -0.05) is 39.5 Å². The van der Waals surface area contributed by atoms with Gasteiger partial charge in [-0.2, -0.15) is 23.1 Å². The summed E-state index contributed by atoms with van der Waals surface area (Å²) in [7, 11) is 2.14. The first-order valence-electron chi connectivity index (χ1n) is 14.5. The second-order valence-corrected chi connectivity index (χ2v) is 10.0. The molecule has 1 aromatic carbocycles. The van der Waals surface area contributed by atoms with Crippen molar-refractivity contribution in [3.63, 3.8) is 0 Å². The van der Waals surface area contributed by atoms with Gasteiger partial charge in [0.05, 0.1) is 12.2 Å². The highest BCUT2D eigenvalue weighted by Crippen LogP contribution is 2.30. The maximum Gasteiger partial charge on any atom is 0.421 e. The number of halogens is 3. The number of alkyl halides is 3. The molecule has 0 spiro atoms. The van der Waals surface area contributed by atoms with Gasteiger partial charge in [-0.05, 0) is 63.9 Å². The molecule has 2 aliphatic rings. The van der Waals surface area contributed by atoms with Gasteiger partial charge in [-0.3, -0.25) is 4.79 Å². The molecule has 2 aromatic rings. The first-order chi connectivity index (χ1) is 20.3. The van der Waals surface area contributed by atoms with Gasteiger partial charge < -0.3 is 30.8 Å². The van der Waals surface area contributed by atoms with Crippen LogP contribution in [0.1, 0.15) is 62.4 Å². The van der Waals surface area contributed by atoms with Crippen molar-refractivity contribution in [2.75, 3.05) is 43.9 Å². The van der Waals surface area contributed by atoms with Crippen LogP contribution in [0.15, 0.2) is 30.4 Å². The summed E-state index contributed by atoms with van der Waals surface area (Å²) in [6.45, 7) is 23.1. The van der Waals surface area contributed by atoms with Crippen LogP contribution in [0, 0.1) is 20.4 Å². The lowest BCUT2D eigenvalue weighted by molar-refractivity contribution is -0.127. The molecule has 43 heavy (non-hydrogen) atoms. The molecule has 0 aliphatic carbocycles. The summed E-state index contributed by atoms with van der Waals surface area (Å²) in [6, 6.07) is 7.31. The predicted octanol–water partition coefficient (Wildman–Crippen LogP) is 5.64. The van der Waals surface area contributed by atoms with Crippen LogP contribution in [0.2, 0.25) is 0 Å². The minimum atomic E-state index is -4.69. The van der Waals surface area contributed by atoms with Crippen LogP contribution in [-0.2, 0) is 17.8 Å². The fraction of sp³-hybridized carbons (Fsp3) is 0.548. The summed E-state index contributed by atoms with van der Waals surface area (Å²) < 4.78 is 39.8. The summed E-state index contributed by atoms with van der Waals surface area (Å²) >= 11 is 0. The molecule has 1 aromatic heterocycles. The van der Waals surface area contributed by atoms with Crippen LogP contribution in [-0.4, -0.2) is 66.3 Å². The highest BCUT2D eigenvalue weighted by molar-refractivity contribution is 5.92.